The minimum Gasteiger partial charge on any atom is -0.310 e. The van der Waals surface area contributed by atoms with Crippen molar-refractivity contribution in [1.82, 2.24) is 10.2 Å². The van der Waals surface area contributed by atoms with Gasteiger partial charge < -0.3 is 10.2 Å². The van der Waals surface area contributed by atoms with Crippen LogP contribution in [0.25, 0.3) is 0 Å². The fourth-order valence-corrected chi connectivity index (χ4v) is 3.59. The Labute approximate surface area is 121 Å². The number of hydrogen-bond donors (Lipinski definition) is 1. The highest BCUT2D eigenvalue weighted by atomic mass is 19.1. The molecule has 1 aromatic rings. The van der Waals surface area contributed by atoms with E-state index in [4.69, 9.17) is 0 Å². The van der Waals surface area contributed by atoms with E-state index in [2.05, 4.69) is 23.2 Å². The average Bonchev–Trinajstić information content (AvgIpc) is 2.86. The van der Waals surface area contributed by atoms with E-state index in [9.17, 15) is 4.39 Å². The molecule has 1 N–H and O–H groups in total. The van der Waals surface area contributed by atoms with Crippen molar-refractivity contribution in [2.45, 2.75) is 50.6 Å². The molecule has 3 rings (SSSR count). The van der Waals surface area contributed by atoms with Gasteiger partial charge in [-0.25, -0.2) is 4.39 Å². The van der Waals surface area contributed by atoms with Crippen LogP contribution in [-0.4, -0.2) is 36.6 Å². The molecule has 0 aromatic heterocycles. The summed E-state index contributed by atoms with van der Waals surface area (Å²) in [5, 5.41) is 3.72. The summed E-state index contributed by atoms with van der Waals surface area (Å²) in [6.07, 6.45) is 5.01. The van der Waals surface area contributed by atoms with Gasteiger partial charge in [0.2, 0.25) is 0 Å². The topological polar surface area (TPSA) is 15.3 Å². The summed E-state index contributed by atoms with van der Waals surface area (Å²) in [6.45, 7) is 5.99. The largest absolute Gasteiger partial charge is 0.310 e. The van der Waals surface area contributed by atoms with Crippen LogP contribution < -0.4 is 5.32 Å². The maximum Gasteiger partial charge on any atom is 0.123 e. The summed E-state index contributed by atoms with van der Waals surface area (Å²) in [4.78, 5) is 2.56. The van der Waals surface area contributed by atoms with E-state index in [0.29, 0.717) is 18.0 Å². The first-order chi connectivity index (χ1) is 9.70. The molecule has 1 aliphatic heterocycles. The van der Waals surface area contributed by atoms with Crippen LogP contribution in [0.4, 0.5) is 4.39 Å². The maximum absolute atomic E-state index is 13.2. The van der Waals surface area contributed by atoms with Gasteiger partial charge in [0.15, 0.2) is 0 Å². The molecular formula is C17H25FN2. The van der Waals surface area contributed by atoms with Crippen LogP contribution in [-0.2, 0) is 0 Å². The Balaban J connectivity index is 1.41. The van der Waals surface area contributed by atoms with Gasteiger partial charge in [0.1, 0.15) is 5.82 Å². The third kappa shape index (κ3) is 3.39. The smallest absolute Gasteiger partial charge is 0.123 e. The van der Waals surface area contributed by atoms with Crippen LogP contribution in [0.2, 0.25) is 0 Å². The van der Waals surface area contributed by atoms with Gasteiger partial charge in [-0.2, -0.15) is 0 Å². The van der Waals surface area contributed by atoms with E-state index in [0.717, 1.165) is 18.4 Å². The van der Waals surface area contributed by atoms with E-state index < -0.39 is 0 Å². The molecule has 3 heteroatoms. The van der Waals surface area contributed by atoms with Crippen LogP contribution in [0, 0.1) is 5.82 Å². The normalized spacial score (nSPS) is 28.3. The first kappa shape index (κ1) is 14.0. The van der Waals surface area contributed by atoms with E-state index >= 15 is 0 Å². The third-order valence-electron chi connectivity index (χ3n) is 4.71. The molecule has 0 amide bonds. The number of likely N-dealkylation sites (tertiary alicyclic amines) is 1. The Morgan fingerprint density at radius 2 is 2.05 bits per heavy atom. The number of nitrogens with zero attached hydrogens (tertiary/aromatic N) is 1. The molecule has 0 spiro atoms. The molecule has 1 saturated heterocycles. The van der Waals surface area contributed by atoms with Crippen molar-refractivity contribution in [1.29, 1.82) is 0 Å². The van der Waals surface area contributed by atoms with E-state index in [1.165, 1.54) is 38.5 Å². The van der Waals surface area contributed by atoms with Crippen LogP contribution in [0.1, 0.15) is 44.1 Å². The maximum atomic E-state index is 13.2. The first-order valence-corrected chi connectivity index (χ1v) is 7.94. The molecule has 20 heavy (non-hydrogen) atoms. The van der Waals surface area contributed by atoms with Gasteiger partial charge >= 0.3 is 0 Å². The van der Waals surface area contributed by atoms with Crippen molar-refractivity contribution in [3.05, 3.63) is 35.6 Å². The lowest BCUT2D eigenvalue weighted by Crippen LogP contribution is -2.48. The fourth-order valence-electron chi connectivity index (χ4n) is 3.59. The fraction of sp³-hybridized carbons (Fsp3) is 0.647. The molecule has 1 aromatic carbocycles. The molecule has 2 nitrogen and oxygen atoms in total. The minimum atomic E-state index is -0.110. The predicted octanol–water partition coefficient (Wildman–Crippen LogP) is 3.15. The van der Waals surface area contributed by atoms with Crippen molar-refractivity contribution in [3.63, 3.8) is 0 Å². The summed E-state index contributed by atoms with van der Waals surface area (Å²) >= 11 is 0. The number of halogens is 1. The van der Waals surface area contributed by atoms with Gasteiger partial charge in [-0.3, -0.25) is 0 Å². The number of rotatable bonds is 5. The zero-order valence-electron chi connectivity index (χ0n) is 12.3. The Kier molecular flexibility index (Phi) is 4.37. The molecular weight excluding hydrogens is 251 g/mol. The standard InChI is InChI=1S/C17H25FN2/c1-13(12-20-7-2-3-8-20)19-17-10-15(11-17)14-5-4-6-16(18)9-14/h4-6,9,13,15,17,19H,2-3,7-8,10-12H2,1H3. The second-order valence-corrected chi connectivity index (χ2v) is 6.50. The molecule has 110 valence electrons. The second-order valence-electron chi connectivity index (χ2n) is 6.50. The Hall–Kier alpha value is -0.930. The quantitative estimate of drug-likeness (QED) is 0.889. The van der Waals surface area contributed by atoms with Crippen LogP contribution in [0.5, 0.6) is 0 Å². The van der Waals surface area contributed by atoms with Gasteiger partial charge in [-0.1, -0.05) is 12.1 Å². The summed E-state index contributed by atoms with van der Waals surface area (Å²) < 4.78 is 13.2. The Morgan fingerprint density at radius 1 is 1.30 bits per heavy atom. The molecule has 0 radical (unpaired) electrons. The highest BCUT2D eigenvalue weighted by Crippen LogP contribution is 2.37. The van der Waals surface area contributed by atoms with Gasteiger partial charge in [-0.05, 0) is 69.3 Å². The van der Waals surface area contributed by atoms with E-state index in [-0.39, 0.29) is 5.82 Å². The van der Waals surface area contributed by atoms with Gasteiger partial charge in [-0.15, -0.1) is 0 Å². The monoisotopic (exact) mass is 276 g/mol. The Bertz CT molecular complexity index is 436. The summed E-state index contributed by atoms with van der Waals surface area (Å²) in [5.41, 5.74) is 1.16. The molecule has 1 unspecified atom stereocenters. The van der Waals surface area contributed by atoms with Crippen molar-refractivity contribution in [3.8, 4) is 0 Å². The lowest BCUT2D eigenvalue weighted by Gasteiger charge is -2.38. The van der Waals surface area contributed by atoms with E-state index in [1.807, 2.05) is 6.07 Å². The summed E-state index contributed by atoms with van der Waals surface area (Å²) in [5.74, 6) is 0.434. The van der Waals surface area contributed by atoms with Gasteiger partial charge in [0.05, 0.1) is 0 Å². The van der Waals surface area contributed by atoms with Crippen LogP contribution in [0.15, 0.2) is 24.3 Å². The molecule has 1 aliphatic carbocycles. The van der Waals surface area contributed by atoms with Crippen molar-refractivity contribution < 1.29 is 4.39 Å². The SMILES string of the molecule is CC(CN1CCCC1)NC1CC(c2cccc(F)c2)C1. The molecule has 2 fully saturated rings. The highest BCUT2D eigenvalue weighted by Gasteiger charge is 2.31. The number of hydrogen-bond acceptors (Lipinski definition) is 2. The van der Waals surface area contributed by atoms with E-state index in [1.54, 1.807) is 6.07 Å². The highest BCUT2D eigenvalue weighted by molar-refractivity contribution is 5.23. The van der Waals surface area contributed by atoms with Crippen molar-refractivity contribution in [2.24, 2.45) is 0 Å². The van der Waals surface area contributed by atoms with Crippen molar-refractivity contribution in [2.75, 3.05) is 19.6 Å². The van der Waals surface area contributed by atoms with Gasteiger partial charge in [0, 0.05) is 18.6 Å². The second kappa shape index (κ2) is 6.23. The van der Waals surface area contributed by atoms with Gasteiger partial charge in [0.25, 0.3) is 0 Å². The molecule has 0 bridgehead atoms. The first-order valence-electron chi connectivity index (χ1n) is 7.94. The Morgan fingerprint density at radius 3 is 2.75 bits per heavy atom. The lowest BCUT2D eigenvalue weighted by molar-refractivity contribution is 0.231. The number of nitrogens with one attached hydrogen (secondary N) is 1. The molecule has 2 aliphatic rings. The molecule has 1 saturated carbocycles. The average molecular weight is 276 g/mol. The van der Waals surface area contributed by atoms with Crippen molar-refractivity contribution >= 4 is 0 Å². The summed E-state index contributed by atoms with van der Waals surface area (Å²) in [7, 11) is 0. The lowest BCUT2D eigenvalue weighted by atomic mass is 9.75. The van der Waals surface area contributed by atoms with Crippen LogP contribution >= 0.6 is 0 Å². The van der Waals surface area contributed by atoms with Crippen LogP contribution in [0.3, 0.4) is 0 Å². The zero-order chi connectivity index (χ0) is 13.9. The zero-order valence-corrected chi connectivity index (χ0v) is 12.3. The predicted molar refractivity (Wildman–Crippen MR) is 80.4 cm³/mol. The minimum absolute atomic E-state index is 0.110. The molecule has 1 atom stereocenters. The molecule has 1 heterocycles. The third-order valence-corrected chi connectivity index (χ3v) is 4.71. The number of benzene rings is 1. The summed E-state index contributed by atoms with van der Waals surface area (Å²) in [6, 6.07) is 8.26.